The Labute approximate surface area is 191 Å². The number of benzene rings is 3. The van der Waals surface area contributed by atoms with Crippen molar-refractivity contribution in [2.75, 3.05) is 18.4 Å². The van der Waals surface area contributed by atoms with E-state index in [2.05, 4.69) is 20.9 Å². The number of para-hydroxylation sites is 1. The summed E-state index contributed by atoms with van der Waals surface area (Å²) in [6, 6.07) is 23.4. The summed E-state index contributed by atoms with van der Waals surface area (Å²) in [6.07, 6.45) is 2.10. The van der Waals surface area contributed by atoms with E-state index in [4.69, 9.17) is 0 Å². The average molecular weight is 441 g/mol. The lowest BCUT2D eigenvalue weighted by Gasteiger charge is -2.09. The van der Waals surface area contributed by atoms with Crippen LogP contribution in [0.15, 0.2) is 85.1 Å². The topological polar surface area (TPSA) is 103 Å². The number of aromatic amines is 1. The average Bonchev–Trinajstić information content (AvgIpc) is 3.25. The molecule has 0 saturated heterocycles. The van der Waals surface area contributed by atoms with Crippen LogP contribution in [0.25, 0.3) is 10.9 Å². The van der Waals surface area contributed by atoms with Gasteiger partial charge >= 0.3 is 0 Å². The van der Waals surface area contributed by atoms with Crippen LogP contribution in [-0.2, 0) is 11.2 Å². The second kappa shape index (κ2) is 10.3. The summed E-state index contributed by atoms with van der Waals surface area (Å²) in [5.74, 6) is -0.565. The lowest BCUT2D eigenvalue weighted by Crippen LogP contribution is -2.34. The summed E-state index contributed by atoms with van der Waals surface area (Å²) in [5, 5.41) is 9.42. The second-order valence-corrected chi connectivity index (χ2v) is 7.54. The number of H-pyrrole nitrogens is 1. The number of anilines is 1. The van der Waals surface area contributed by atoms with E-state index in [-0.39, 0.29) is 24.1 Å². The first kappa shape index (κ1) is 21.8. The van der Waals surface area contributed by atoms with Crippen LogP contribution in [0.3, 0.4) is 0 Å². The van der Waals surface area contributed by atoms with Gasteiger partial charge in [0.25, 0.3) is 11.8 Å². The maximum atomic E-state index is 12.4. The van der Waals surface area contributed by atoms with E-state index in [1.165, 1.54) is 0 Å². The highest BCUT2D eigenvalue weighted by Gasteiger charge is 2.10. The Morgan fingerprint density at radius 1 is 0.697 bits per heavy atom. The molecule has 166 valence electrons. The van der Waals surface area contributed by atoms with Gasteiger partial charge in [-0.15, -0.1) is 0 Å². The molecule has 0 unspecified atom stereocenters. The molecule has 0 aliphatic rings. The standard InChI is InChI=1S/C26H24N4O3/c31-24(16-20-17-29-23-9-5-4-8-22(20)23)30-21-12-10-19(11-13-21)26(33)28-15-14-27-25(32)18-6-2-1-3-7-18/h1-13,17,29H,14-16H2,(H,27,32)(H,28,33)(H,30,31). The number of carbonyl (C=O) groups excluding carboxylic acids is 3. The molecule has 3 aromatic carbocycles. The molecule has 7 nitrogen and oxygen atoms in total. The Kier molecular flexibility index (Phi) is 6.80. The summed E-state index contributed by atoms with van der Waals surface area (Å²) in [5.41, 5.74) is 3.59. The van der Waals surface area contributed by atoms with Crippen molar-refractivity contribution >= 4 is 34.3 Å². The first-order chi connectivity index (χ1) is 16.1. The van der Waals surface area contributed by atoms with Gasteiger partial charge in [-0.3, -0.25) is 14.4 Å². The third-order valence-electron chi connectivity index (χ3n) is 5.19. The van der Waals surface area contributed by atoms with E-state index in [9.17, 15) is 14.4 Å². The third kappa shape index (κ3) is 5.65. The zero-order chi connectivity index (χ0) is 23.0. The number of amides is 3. The predicted octanol–water partition coefficient (Wildman–Crippen LogP) is 3.51. The summed E-state index contributed by atoms with van der Waals surface area (Å²) in [6.45, 7) is 0.627. The highest BCUT2D eigenvalue weighted by molar-refractivity contribution is 5.97. The first-order valence-electron chi connectivity index (χ1n) is 10.7. The van der Waals surface area contributed by atoms with Gasteiger partial charge in [-0.2, -0.15) is 0 Å². The molecule has 33 heavy (non-hydrogen) atoms. The molecule has 0 fully saturated rings. The van der Waals surface area contributed by atoms with Gasteiger partial charge in [0.05, 0.1) is 6.42 Å². The molecule has 0 atom stereocenters. The van der Waals surface area contributed by atoms with Crippen molar-refractivity contribution in [2.45, 2.75) is 6.42 Å². The number of rotatable bonds is 8. The maximum Gasteiger partial charge on any atom is 0.251 e. The highest BCUT2D eigenvalue weighted by atomic mass is 16.2. The Balaban J connectivity index is 1.23. The van der Waals surface area contributed by atoms with Crippen molar-refractivity contribution in [1.82, 2.24) is 15.6 Å². The largest absolute Gasteiger partial charge is 0.361 e. The van der Waals surface area contributed by atoms with Gasteiger partial charge in [0.2, 0.25) is 5.91 Å². The van der Waals surface area contributed by atoms with Crippen LogP contribution in [0.4, 0.5) is 5.69 Å². The van der Waals surface area contributed by atoms with E-state index < -0.39 is 0 Å². The number of hydrogen-bond donors (Lipinski definition) is 4. The lowest BCUT2D eigenvalue weighted by atomic mass is 10.1. The summed E-state index contributed by atoms with van der Waals surface area (Å²) in [7, 11) is 0. The van der Waals surface area contributed by atoms with Gasteiger partial charge in [0, 0.05) is 47.0 Å². The van der Waals surface area contributed by atoms with Gasteiger partial charge in [-0.1, -0.05) is 36.4 Å². The van der Waals surface area contributed by atoms with E-state index in [1.54, 1.807) is 48.5 Å². The normalized spacial score (nSPS) is 10.5. The molecular weight excluding hydrogens is 416 g/mol. The quantitative estimate of drug-likeness (QED) is 0.315. The number of fused-ring (bicyclic) bond motifs is 1. The number of carbonyl (C=O) groups is 3. The first-order valence-corrected chi connectivity index (χ1v) is 10.7. The molecule has 0 spiro atoms. The Hall–Kier alpha value is -4.39. The Morgan fingerprint density at radius 3 is 2.00 bits per heavy atom. The van der Waals surface area contributed by atoms with Crippen molar-refractivity contribution in [1.29, 1.82) is 0 Å². The van der Waals surface area contributed by atoms with Crippen molar-refractivity contribution in [3.8, 4) is 0 Å². The number of hydrogen-bond acceptors (Lipinski definition) is 3. The number of nitrogens with one attached hydrogen (secondary N) is 4. The molecule has 0 saturated carbocycles. The molecule has 7 heteroatoms. The fourth-order valence-electron chi connectivity index (χ4n) is 3.51. The van der Waals surface area contributed by atoms with Crippen LogP contribution in [0.2, 0.25) is 0 Å². The van der Waals surface area contributed by atoms with Crippen LogP contribution < -0.4 is 16.0 Å². The molecule has 3 amide bonds. The Morgan fingerprint density at radius 2 is 1.30 bits per heavy atom. The van der Waals surface area contributed by atoms with Gasteiger partial charge < -0.3 is 20.9 Å². The lowest BCUT2D eigenvalue weighted by molar-refractivity contribution is -0.115. The smallest absolute Gasteiger partial charge is 0.251 e. The molecule has 4 rings (SSSR count). The fourth-order valence-corrected chi connectivity index (χ4v) is 3.51. The van der Waals surface area contributed by atoms with E-state index >= 15 is 0 Å². The third-order valence-corrected chi connectivity index (χ3v) is 5.19. The summed E-state index contributed by atoms with van der Waals surface area (Å²) >= 11 is 0. The molecule has 1 heterocycles. The fraction of sp³-hybridized carbons (Fsp3) is 0.115. The van der Waals surface area contributed by atoms with Crippen LogP contribution in [0.1, 0.15) is 26.3 Å². The van der Waals surface area contributed by atoms with E-state index in [0.29, 0.717) is 29.9 Å². The summed E-state index contributed by atoms with van der Waals surface area (Å²) in [4.78, 5) is 39.9. The van der Waals surface area contributed by atoms with Crippen LogP contribution in [0, 0.1) is 0 Å². The van der Waals surface area contributed by atoms with E-state index in [0.717, 1.165) is 16.5 Å². The SMILES string of the molecule is O=C(Cc1c[nH]c2ccccc12)Nc1ccc(C(=O)NCCNC(=O)c2ccccc2)cc1. The van der Waals surface area contributed by atoms with Crippen molar-refractivity contribution in [3.63, 3.8) is 0 Å². The Bertz CT molecular complexity index is 1260. The molecule has 0 radical (unpaired) electrons. The van der Waals surface area contributed by atoms with Crippen molar-refractivity contribution < 1.29 is 14.4 Å². The van der Waals surface area contributed by atoms with Gasteiger partial charge in [0.15, 0.2) is 0 Å². The molecule has 0 bridgehead atoms. The molecule has 0 aliphatic carbocycles. The molecule has 1 aromatic heterocycles. The second-order valence-electron chi connectivity index (χ2n) is 7.54. The van der Waals surface area contributed by atoms with Crippen LogP contribution >= 0.6 is 0 Å². The summed E-state index contributed by atoms with van der Waals surface area (Å²) < 4.78 is 0. The van der Waals surface area contributed by atoms with Gasteiger partial charge in [-0.05, 0) is 48.0 Å². The van der Waals surface area contributed by atoms with Crippen molar-refractivity contribution in [2.24, 2.45) is 0 Å². The number of aromatic nitrogens is 1. The molecular formula is C26H24N4O3. The van der Waals surface area contributed by atoms with Gasteiger partial charge in [-0.25, -0.2) is 0 Å². The minimum absolute atomic E-state index is 0.133. The maximum absolute atomic E-state index is 12.4. The molecule has 4 aromatic rings. The minimum Gasteiger partial charge on any atom is -0.361 e. The predicted molar refractivity (Wildman–Crippen MR) is 128 cm³/mol. The van der Waals surface area contributed by atoms with Gasteiger partial charge in [0.1, 0.15) is 0 Å². The zero-order valence-electron chi connectivity index (χ0n) is 17.9. The zero-order valence-corrected chi connectivity index (χ0v) is 17.9. The molecule has 0 aliphatic heterocycles. The molecule has 4 N–H and O–H groups in total. The highest BCUT2D eigenvalue weighted by Crippen LogP contribution is 2.19. The monoisotopic (exact) mass is 440 g/mol. The van der Waals surface area contributed by atoms with Crippen LogP contribution in [0.5, 0.6) is 0 Å². The van der Waals surface area contributed by atoms with Crippen molar-refractivity contribution in [3.05, 3.63) is 102 Å². The van der Waals surface area contributed by atoms with E-state index in [1.807, 2.05) is 36.5 Å². The van der Waals surface area contributed by atoms with Crippen LogP contribution in [-0.4, -0.2) is 35.8 Å². The minimum atomic E-state index is -0.249.